The summed E-state index contributed by atoms with van der Waals surface area (Å²) in [5.74, 6) is -0.903. The van der Waals surface area contributed by atoms with Crippen molar-refractivity contribution >= 4 is 11.5 Å². The molecule has 3 rings (SSSR count). The Bertz CT molecular complexity index is 794. The summed E-state index contributed by atoms with van der Waals surface area (Å²) < 4.78 is 7.20. The van der Waals surface area contributed by atoms with Crippen molar-refractivity contribution in [3.63, 3.8) is 0 Å². The van der Waals surface area contributed by atoms with Crippen molar-refractivity contribution in [2.24, 2.45) is 0 Å². The number of benzene rings is 1. The summed E-state index contributed by atoms with van der Waals surface area (Å²) in [6, 6.07) is 15.0. The van der Waals surface area contributed by atoms with Crippen molar-refractivity contribution in [3.05, 3.63) is 65.4 Å². The summed E-state index contributed by atoms with van der Waals surface area (Å²) in [5, 5.41) is 13.7. The van der Waals surface area contributed by atoms with Crippen molar-refractivity contribution in [1.29, 1.82) is 0 Å². The van der Waals surface area contributed by atoms with Crippen LogP contribution >= 0.6 is 0 Å². The fourth-order valence-electron chi connectivity index (χ4n) is 2.21. The van der Waals surface area contributed by atoms with Gasteiger partial charge in [0.05, 0.1) is 5.52 Å². The summed E-state index contributed by atoms with van der Waals surface area (Å²) in [7, 11) is 0. The van der Waals surface area contributed by atoms with Crippen LogP contribution in [0, 0.1) is 6.92 Å². The third-order valence-corrected chi connectivity index (χ3v) is 3.25. The molecule has 21 heavy (non-hydrogen) atoms. The average molecular weight is 282 g/mol. The van der Waals surface area contributed by atoms with Crippen molar-refractivity contribution in [3.8, 4) is 5.88 Å². The molecular weight excluding hydrogens is 268 g/mol. The van der Waals surface area contributed by atoms with Gasteiger partial charge >= 0.3 is 5.97 Å². The van der Waals surface area contributed by atoms with Gasteiger partial charge in [-0.15, -0.1) is 5.10 Å². The number of aryl methyl sites for hydroxylation is 1. The maximum absolute atomic E-state index is 11.5. The molecule has 1 aromatic carbocycles. The zero-order valence-electron chi connectivity index (χ0n) is 11.5. The molecule has 0 radical (unpaired) electrons. The lowest BCUT2D eigenvalue weighted by Crippen LogP contribution is -2.02. The van der Waals surface area contributed by atoms with Gasteiger partial charge in [0, 0.05) is 5.69 Å². The number of rotatable bonds is 4. The number of aromatic carboxylic acids is 1. The topological polar surface area (TPSA) is 63.8 Å². The molecule has 2 heterocycles. The van der Waals surface area contributed by atoms with Gasteiger partial charge in [0.15, 0.2) is 0 Å². The van der Waals surface area contributed by atoms with Crippen molar-refractivity contribution < 1.29 is 14.6 Å². The minimum Gasteiger partial charge on any atom is -0.477 e. The molecule has 0 saturated heterocycles. The van der Waals surface area contributed by atoms with Gasteiger partial charge in [-0.3, -0.25) is 0 Å². The number of carbonyl (C=O) groups is 1. The van der Waals surface area contributed by atoms with E-state index in [1.165, 1.54) is 0 Å². The molecular formula is C16H14N2O3. The van der Waals surface area contributed by atoms with Crippen molar-refractivity contribution in [2.45, 2.75) is 13.5 Å². The number of hydrogen-bond acceptors (Lipinski definition) is 3. The first kappa shape index (κ1) is 13.2. The number of carboxylic acids is 1. The molecule has 0 fully saturated rings. The number of carboxylic acid groups (broad SMARTS) is 1. The first-order valence-electron chi connectivity index (χ1n) is 6.55. The minimum atomic E-state index is -1.04. The van der Waals surface area contributed by atoms with Gasteiger partial charge in [-0.05, 0) is 24.6 Å². The number of pyridine rings is 1. The monoisotopic (exact) mass is 282 g/mol. The summed E-state index contributed by atoms with van der Waals surface area (Å²) in [4.78, 5) is 11.5. The molecule has 5 heteroatoms. The van der Waals surface area contributed by atoms with E-state index in [2.05, 4.69) is 5.10 Å². The fourth-order valence-corrected chi connectivity index (χ4v) is 2.21. The number of hydrogen-bond donors (Lipinski definition) is 1. The minimum absolute atomic E-state index is 0.0923. The molecule has 0 spiro atoms. The molecule has 1 N–H and O–H groups in total. The normalized spacial score (nSPS) is 10.7. The van der Waals surface area contributed by atoms with Gasteiger partial charge in [-0.1, -0.05) is 36.4 Å². The van der Waals surface area contributed by atoms with E-state index in [9.17, 15) is 9.90 Å². The quantitative estimate of drug-likeness (QED) is 0.799. The third-order valence-electron chi connectivity index (χ3n) is 3.25. The Kier molecular flexibility index (Phi) is 3.31. The van der Waals surface area contributed by atoms with E-state index in [-0.39, 0.29) is 18.1 Å². The lowest BCUT2D eigenvalue weighted by molar-refractivity contribution is 0.0694. The Hall–Kier alpha value is -2.82. The van der Waals surface area contributed by atoms with E-state index in [4.69, 9.17) is 4.74 Å². The summed E-state index contributed by atoms with van der Waals surface area (Å²) in [5.41, 5.74) is 2.44. The highest BCUT2D eigenvalue weighted by atomic mass is 16.5. The second-order valence-corrected chi connectivity index (χ2v) is 4.72. The van der Waals surface area contributed by atoms with Gasteiger partial charge in [0.1, 0.15) is 12.2 Å². The Balaban J connectivity index is 2.00. The Morgan fingerprint density at radius 2 is 1.95 bits per heavy atom. The van der Waals surface area contributed by atoms with Crippen LogP contribution in [0.1, 0.15) is 21.6 Å². The zero-order valence-corrected chi connectivity index (χ0v) is 11.5. The van der Waals surface area contributed by atoms with E-state index >= 15 is 0 Å². The van der Waals surface area contributed by atoms with Crippen molar-refractivity contribution in [2.75, 3.05) is 0 Å². The predicted octanol–water partition coefficient (Wildman–Crippen LogP) is 2.92. The maximum Gasteiger partial charge on any atom is 0.343 e. The standard InChI is InChI=1S/C16H14N2O3/c1-11-6-5-9-13-14(16(19)20)15(17-18(11)13)21-10-12-7-3-2-4-8-12/h2-9H,10H2,1H3,(H,19,20). The van der Waals surface area contributed by atoms with E-state index in [0.29, 0.717) is 5.52 Å². The SMILES string of the molecule is Cc1cccc2c(C(=O)O)c(OCc3ccccc3)nn12. The van der Waals surface area contributed by atoms with E-state index < -0.39 is 5.97 Å². The highest BCUT2D eigenvalue weighted by Gasteiger charge is 2.21. The van der Waals surface area contributed by atoms with Gasteiger partial charge in [-0.25, -0.2) is 9.31 Å². The molecule has 0 atom stereocenters. The van der Waals surface area contributed by atoms with Gasteiger partial charge < -0.3 is 9.84 Å². The number of fused-ring (bicyclic) bond motifs is 1. The predicted molar refractivity (Wildman–Crippen MR) is 77.7 cm³/mol. The smallest absolute Gasteiger partial charge is 0.343 e. The van der Waals surface area contributed by atoms with Crippen LogP contribution in [0.15, 0.2) is 48.5 Å². The number of nitrogens with zero attached hydrogens (tertiary/aromatic N) is 2. The lowest BCUT2D eigenvalue weighted by Gasteiger charge is -2.03. The molecule has 106 valence electrons. The van der Waals surface area contributed by atoms with E-state index in [0.717, 1.165) is 11.3 Å². The second kappa shape index (κ2) is 5.28. The number of aromatic nitrogens is 2. The highest BCUT2D eigenvalue weighted by Crippen LogP contribution is 2.24. The average Bonchev–Trinajstić information content (AvgIpc) is 2.86. The molecule has 0 aliphatic carbocycles. The zero-order chi connectivity index (χ0) is 14.8. The summed E-state index contributed by atoms with van der Waals surface area (Å²) in [6.45, 7) is 2.15. The molecule has 5 nitrogen and oxygen atoms in total. The Morgan fingerprint density at radius 1 is 1.19 bits per heavy atom. The molecule has 0 amide bonds. The van der Waals surface area contributed by atoms with Crippen LogP contribution in [0.25, 0.3) is 5.52 Å². The first-order chi connectivity index (χ1) is 10.2. The van der Waals surface area contributed by atoms with Crippen LogP contribution in [-0.2, 0) is 6.61 Å². The molecule has 2 aromatic heterocycles. The number of ether oxygens (including phenoxy) is 1. The largest absolute Gasteiger partial charge is 0.477 e. The van der Waals surface area contributed by atoms with Gasteiger partial charge in [-0.2, -0.15) is 0 Å². The maximum atomic E-state index is 11.5. The Morgan fingerprint density at radius 3 is 2.67 bits per heavy atom. The second-order valence-electron chi connectivity index (χ2n) is 4.72. The van der Waals surface area contributed by atoms with Crippen LogP contribution in [0.5, 0.6) is 5.88 Å². The van der Waals surface area contributed by atoms with Gasteiger partial charge in [0.25, 0.3) is 0 Å². The molecule has 0 unspecified atom stereocenters. The molecule has 0 saturated carbocycles. The van der Waals surface area contributed by atoms with Crippen LogP contribution in [-0.4, -0.2) is 20.7 Å². The fraction of sp³-hybridized carbons (Fsp3) is 0.125. The van der Waals surface area contributed by atoms with Gasteiger partial charge in [0.2, 0.25) is 5.88 Å². The van der Waals surface area contributed by atoms with Crippen LogP contribution in [0.3, 0.4) is 0 Å². The third kappa shape index (κ3) is 2.45. The highest BCUT2D eigenvalue weighted by molar-refractivity contribution is 5.98. The molecule has 0 bridgehead atoms. The van der Waals surface area contributed by atoms with E-state index in [1.54, 1.807) is 16.6 Å². The summed E-state index contributed by atoms with van der Waals surface area (Å²) >= 11 is 0. The summed E-state index contributed by atoms with van der Waals surface area (Å²) in [6.07, 6.45) is 0. The Labute approximate surface area is 121 Å². The molecule has 3 aromatic rings. The van der Waals surface area contributed by atoms with Crippen LogP contribution in [0.2, 0.25) is 0 Å². The van der Waals surface area contributed by atoms with Crippen LogP contribution < -0.4 is 4.74 Å². The molecule has 0 aliphatic heterocycles. The first-order valence-corrected chi connectivity index (χ1v) is 6.55. The lowest BCUT2D eigenvalue weighted by atomic mass is 10.2. The van der Waals surface area contributed by atoms with Crippen molar-refractivity contribution in [1.82, 2.24) is 9.61 Å². The van der Waals surface area contributed by atoms with Crippen LogP contribution in [0.4, 0.5) is 0 Å². The van der Waals surface area contributed by atoms with E-state index in [1.807, 2.05) is 43.3 Å². The molecule has 0 aliphatic rings.